The summed E-state index contributed by atoms with van der Waals surface area (Å²) in [4.78, 5) is 20.2. The lowest BCUT2D eigenvalue weighted by Gasteiger charge is -2.36. The van der Waals surface area contributed by atoms with Crippen molar-refractivity contribution in [3.8, 4) is 0 Å². The fraction of sp³-hybridized carbons (Fsp3) is 0.556. The molecule has 2 rings (SSSR count). The summed E-state index contributed by atoms with van der Waals surface area (Å²) in [7, 11) is 0. The largest absolute Gasteiger partial charge is 0.357 e. The van der Waals surface area contributed by atoms with E-state index in [1.54, 1.807) is 24.8 Å². The second kappa shape index (κ2) is 12.4. The molecule has 0 unspecified atom stereocenters. The smallest absolute Gasteiger partial charge is 0.219 e. The van der Waals surface area contributed by atoms with Gasteiger partial charge in [0.2, 0.25) is 5.91 Å². The van der Waals surface area contributed by atoms with E-state index >= 15 is 0 Å². The quantitative estimate of drug-likeness (QED) is 0.286. The highest BCUT2D eigenvalue weighted by molar-refractivity contribution is 14.0. The normalized spacial score (nSPS) is 14.8. The summed E-state index contributed by atoms with van der Waals surface area (Å²) in [6.07, 6.45) is 0. The molecule has 0 aromatic heterocycles. The number of benzene rings is 1. The van der Waals surface area contributed by atoms with Crippen LogP contribution in [-0.2, 0) is 10.5 Å². The van der Waals surface area contributed by atoms with Crippen LogP contribution in [0.3, 0.4) is 0 Å². The van der Waals surface area contributed by atoms with Gasteiger partial charge >= 0.3 is 0 Å². The van der Waals surface area contributed by atoms with Crippen molar-refractivity contribution in [3.63, 3.8) is 0 Å². The number of carbonyl (C=O) groups excluding carboxylic acids is 1. The molecule has 0 spiro atoms. The van der Waals surface area contributed by atoms with Crippen LogP contribution in [-0.4, -0.2) is 66.7 Å². The minimum absolute atomic E-state index is 0. The van der Waals surface area contributed by atoms with E-state index in [2.05, 4.69) is 15.2 Å². The molecule has 8 heteroatoms. The van der Waals surface area contributed by atoms with Crippen LogP contribution < -0.4 is 5.32 Å². The van der Waals surface area contributed by atoms with Crippen LogP contribution >= 0.6 is 35.7 Å². The Bertz CT molecular complexity index is 594. The van der Waals surface area contributed by atoms with Crippen molar-refractivity contribution < 1.29 is 9.18 Å². The van der Waals surface area contributed by atoms with Crippen molar-refractivity contribution in [1.29, 1.82) is 0 Å². The fourth-order valence-electron chi connectivity index (χ4n) is 2.67. The third-order valence-corrected chi connectivity index (χ3v) is 5.06. The third-order valence-electron chi connectivity index (χ3n) is 4.07. The molecule has 0 saturated carbocycles. The van der Waals surface area contributed by atoms with Gasteiger partial charge in [0.25, 0.3) is 0 Å². The van der Waals surface area contributed by atoms with E-state index in [1.807, 2.05) is 24.0 Å². The van der Waals surface area contributed by atoms with Crippen molar-refractivity contribution in [3.05, 3.63) is 35.6 Å². The highest BCUT2D eigenvalue weighted by Gasteiger charge is 2.20. The van der Waals surface area contributed by atoms with E-state index in [-0.39, 0.29) is 35.7 Å². The molecule has 1 aliphatic rings. The van der Waals surface area contributed by atoms with Gasteiger partial charge in [0, 0.05) is 51.2 Å². The number of aliphatic imine (C=N–C) groups is 1. The Morgan fingerprint density at radius 1 is 1.23 bits per heavy atom. The Labute approximate surface area is 176 Å². The minimum atomic E-state index is -0.143. The van der Waals surface area contributed by atoms with Gasteiger partial charge in [0.15, 0.2) is 5.96 Å². The summed E-state index contributed by atoms with van der Waals surface area (Å²) >= 11 is 1.69. The van der Waals surface area contributed by atoms with Gasteiger partial charge < -0.3 is 15.1 Å². The SMILES string of the molecule is CCNC(=NCCSCc1ccccc1F)N1CCN(C(C)=O)CC1.I. The molecule has 1 aromatic carbocycles. The number of nitrogens with zero attached hydrogens (tertiary/aromatic N) is 3. The molecule has 0 aliphatic carbocycles. The molecule has 26 heavy (non-hydrogen) atoms. The van der Waals surface area contributed by atoms with Crippen LogP contribution in [0.15, 0.2) is 29.3 Å². The number of amides is 1. The molecule has 1 aliphatic heterocycles. The second-order valence-corrected chi connectivity index (χ2v) is 6.98. The van der Waals surface area contributed by atoms with Gasteiger partial charge in [0.05, 0.1) is 6.54 Å². The van der Waals surface area contributed by atoms with E-state index in [4.69, 9.17) is 0 Å². The molecule has 5 nitrogen and oxygen atoms in total. The molecule has 0 radical (unpaired) electrons. The zero-order chi connectivity index (χ0) is 18.1. The summed E-state index contributed by atoms with van der Waals surface area (Å²) < 4.78 is 13.6. The van der Waals surface area contributed by atoms with Crippen LogP contribution in [0.4, 0.5) is 4.39 Å². The molecule has 1 amide bonds. The Morgan fingerprint density at radius 3 is 2.50 bits per heavy atom. The maximum Gasteiger partial charge on any atom is 0.219 e. The number of rotatable bonds is 6. The Kier molecular flexibility index (Phi) is 11.0. The zero-order valence-corrected chi connectivity index (χ0v) is 18.6. The molecule has 1 saturated heterocycles. The fourth-order valence-corrected chi connectivity index (χ4v) is 3.49. The van der Waals surface area contributed by atoms with Crippen molar-refractivity contribution in [1.82, 2.24) is 15.1 Å². The number of halogens is 2. The number of nitrogens with one attached hydrogen (secondary N) is 1. The first-order valence-electron chi connectivity index (χ1n) is 8.71. The maximum atomic E-state index is 13.6. The summed E-state index contributed by atoms with van der Waals surface area (Å²) in [6.45, 7) is 8.24. The van der Waals surface area contributed by atoms with Crippen LogP contribution in [0.1, 0.15) is 19.4 Å². The van der Waals surface area contributed by atoms with Gasteiger partial charge in [-0.25, -0.2) is 4.39 Å². The first-order valence-corrected chi connectivity index (χ1v) is 9.87. The van der Waals surface area contributed by atoms with E-state index in [0.29, 0.717) is 12.3 Å². The first-order chi connectivity index (χ1) is 12.1. The van der Waals surface area contributed by atoms with E-state index in [0.717, 1.165) is 50.0 Å². The highest BCUT2D eigenvalue weighted by atomic mass is 127. The lowest BCUT2D eigenvalue weighted by Crippen LogP contribution is -2.53. The lowest BCUT2D eigenvalue weighted by atomic mass is 10.2. The van der Waals surface area contributed by atoms with Crippen molar-refractivity contribution >= 4 is 47.6 Å². The molecule has 0 bridgehead atoms. The van der Waals surface area contributed by atoms with Crippen molar-refractivity contribution in [2.24, 2.45) is 4.99 Å². The standard InChI is InChI=1S/C18H27FN4OS.HI/c1-3-20-18(23-11-9-22(10-12-23)15(2)24)21-8-13-25-14-16-6-4-5-7-17(16)19;/h4-7H,3,8-14H2,1-2H3,(H,20,21);1H. The molecule has 1 fully saturated rings. The molecule has 1 aromatic rings. The van der Waals surface area contributed by atoms with Gasteiger partial charge in [-0.1, -0.05) is 18.2 Å². The number of piperazine rings is 1. The zero-order valence-electron chi connectivity index (χ0n) is 15.4. The molecule has 1 N–H and O–H groups in total. The Morgan fingerprint density at radius 2 is 1.88 bits per heavy atom. The molecule has 0 atom stereocenters. The maximum absolute atomic E-state index is 13.6. The predicted octanol–water partition coefficient (Wildman–Crippen LogP) is 2.81. The van der Waals surface area contributed by atoms with E-state index < -0.39 is 0 Å². The number of hydrogen-bond acceptors (Lipinski definition) is 3. The monoisotopic (exact) mass is 494 g/mol. The third kappa shape index (κ3) is 7.30. The number of guanidine groups is 1. The molecule has 1 heterocycles. The van der Waals surface area contributed by atoms with E-state index in [9.17, 15) is 9.18 Å². The van der Waals surface area contributed by atoms with Gasteiger partial charge in [-0.05, 0) is 18.6 Å². The lowest BCUT2D eigenvalue weighted by molar-refractivity contribution is -0.130. The average molecular weight is 494 g/mol. The molecular weight excluding hydrogens is 466 g/mol. The van der Waals surface area contributed by atoms with Crippen LogP contribution in [0, 0.1) is 5.82 Å². The van der Waals surface area contributed by atoms with Crippen molar-refractivity contribution in [2.75, 3.05) is 45.0 Å². The molecule has 146 valence electrons. The summed E-state index contributed by atoms with van der Waals surface area (Å²) in [5.74, 6) is 2.39. The molecular formula is C18H28FIN4OS. The average Bonchev–Trinajstić information content (AvgIpc) is 2.62. The van der Waals surface area contributed by atoms with Crippen LogP contribution in [0.25, 0.3) is 0 Å². The Balaban J connectivity index is 0.00000338. The highest BCUT2D eigenvalue weighted by Crippen LogP contribution is 2.15. The van der Waals surface area contributed by atoms with Gasteiger partial charge in [0.1, 0.15) is 5.82 Å². The Hall–Kier alpha value is -1.03. The van der Waals surface area contributed by atoms with Gasteiger partial charge in [-0.2, -0.15) is 11.8 Å². The second-order valence-electron chi connectivity index (χ2n) is 5.87. The number of hydrogen-bond donors (Lipinski definition) is 1. The van der Waals surface area contributed by atoms with Crippen LogP contribution in [0.5, 0.6) is 0 Å². The summed E-state index contributed by atoms with van der Waals surface area (Å²) in [5.41, 5.74) is 0.740. The number of carbonyl (C=O) groups is 1. The number of thioether (sulfide) groups is 1. The first kappa shape index (κ1) is 23.0. The van der Waals surface area contributed by atoms with Crippen molar-refractivity contribution in [2.45, 2.75) is 19.6 Å². The minimum Gasteiger partial charge on any atom is -0.357 e. The summed E-state index contributed by atoms with van der Waals surface area (Å²) in [5, 5.41) is 3.32. The van der Waals surface area contributed by atoms with Gasteiger partial charge in [-0.15, -0.1) is 24.0 Å². The van der Waals surface area contributed by atoms with Gasteiger partial charge in [-0.3, -0.25) is 9.79 Å². The topological polar surface area (TPSA) is 47.9 Å². The predicted molar refractivity (Wildman–Crippen MR) is 118 cm³/mol. The summed E-state index contributed by atoms with van der Waals surface area (Å²) in [6, 6.07) is 6.89. The van der Waals surface area contributed by atoms with Crippen LogP contribution in [0.2, 0.25) is 0 Å². The van der Waals surface area contributed by atoms with E-state index in [1.165, 1.54) is 6.07 Å².